The van der Waals surface area contributed by atoms with Crippen molar-refractivity contribution in [1.29, 1.82) is 0 Å². The van der Waals surface area contributed by atoms with Gasteiger partial charge in [-0.1, -0.05) is 6.92 Å². The zero-order valence-corrected chi connectivity index (χ0v) is 10.5. The van der Waals surface area contributed by atoms with Gasteiger partial charge in [0.2, 0.25) is 11.8 Å². The summed E-state index contributed by atoms with van der Waals surface area (Å²) in [6.45, 7) is 4.66. The predicted molar refractivity (Wildman–Crippen MR) is 64.3 cm³/mol. The van der Waals surface area contributed by atoms with Crippen LogP contribution < -0.4 is 16.0 Å². The molecule has 2 rings (SSSR count). The minimum Gasteiger partial charge on any atom is -0.352 e. The highest BCUT2D eigenvalue weighted by molar-refractivity contribution is 5.90. The minimum absolute atomic E-state index is 0.0616. The Hall–Kier alpha value is -1.10. The van der Waals surface area contributed by atoms with E-state index in [9.17, 15) is 9.59 Å². The molecule has 1 aliphatic heterocycles. The van der Waals surface area contributed by atoms with Crippen LogP contribution in [-0.2, 0) is 9.59 Å². The second kappa shape index (κ2) is 5.04. The van der Waals surface area contributed by atoms with Crippen LogP contribution in [0, 0.1) is 5.92 Å². The number of hydrogen-bond acceptors (Lipinski definition) is 3. The summed E-state index contributed by atoms with van der Waals surface area (Å²) in [7, 11) is 0. The van der Waals surface area contributed by atoms with Gasteiger partial charge in [0.15, 0.2) is 0 Å². The average Bonchev–Trinajstić information content (AvgIpc) is 2.98. The Labute approximate surface area is 102 Å². The first-order valence-electron chi connectivity index (χ1n) is 6.42. The van der Waals surface area contributed by atoms with Crippen LogP contribution in [0.2, 0.25) is 0 Å². The highest BCUT2D eigenvalue weighted by atomic mass is 16.2. The molecule has 0 bridgehead atoms. The van der Waals surface area contributed by atoms with Gasteiger partial charge >= 0.3 is 0 Å². The molecule has 1 saturated heterocycles. The maximum absolute atomic E-state index is 11.9. The lowest BCUT2D eigenvalue weighted by molar-refractivity contribution is -0.130. The van der Waals surface area contributed by atoms with Crippen LogP contribution in [0.15, 0.2) is 0 Å². The van der Waals surface area contributed by atoms with Gasteiger partial charge in [-0.25, -0.2) is 0 Å². The van der Waals surface area contributed by atoms with Crippen LogP contribution >= 0.6 is 0 Å². The van der Waals surface area contributed by atoms with Crippen molar-refractivity contribution in [2.45, 2.75) is 51.2 Å². The third-order valence-electron chi connectivity index (χ3n) is 3.49. The van der Waals surface area contributed by atoms with Crippen molar-refractivity contribution >= 4 is 11.8 Å². The van der Waals surface area contributed by atoms with E-state index in [0.29, 0.717) is 12.0 Å². The Kier molecular flexibility index (Phi) is 3.66. The van der Waals surface area contributed by atoms with Crippen molar-refractivity contribution < 1.29 is 9.59 Å². The summed E-state index contributed by atoms with van der Waals surface area (Å²) in [5, 5.41) is 8.82. The van der Waals surface area contributed by atoms with Gasteiger partial charge in [-0.05, 0) is 38.6 Å². The van der Waals surface area contributed by atoms with Gasteiger partial charge < -0.3 is 16.0 Å². The lowest BCUT2D eigenvalue weighted by Gasteiger charge is -2.19. The van der Waals surface area contributed by atoms with E-state index in [4.69, 9.17) is 0 Å². The van der Waals surface area contributed by atoms with E-state index in [1.165, 1.54) is 0 Å². The molecule has 0 aromatic carbocycles. The van der Waals surface area contributed by atoms with E-state index < -0.39 is 6.04 Å². The molecule has 2 amide bonds. The summed E-state index contributed by atoms with van der Waals surface area (Å²) >= 11 is 0. The summed E-state index contributed by atoms with van der Waals surface area (Å²) < 4.78 is 0. The van der Waals surface area contributed by atoms with Gasteiger partial charge in [-0.2, -0.15) is 0 Å². The van der Waals surface area contributed by atoms with E-state index in [-0.39, 0.29) is 17.9 Å². The molecule has 3 N–H and O–H groups in total. The summed E-state index contributed by atoms with van der Waals surface area (Å²) in [5.74, 6) is 0.202. The van der Waals surface area contributed by atoms with E-state index in [1.807, 2.05) is 0 Å². The summed E-state index contributed by atoms with van der Waals surface area (Å²) in [6, 6.07) is -0.255. The second-order valence-corrected chi connectivity index (χ2v) is 5.21. The van der Waals surface area contributed by atoms with Gasteiger partial charge in [0, 0.05) is 6.04 Å². The highest BCUT2D eigenvalue weighted by Gasteiger charge is 2.31. The number of amides is 2. The molecule has 1 heterocycles. The molecule has 0 aromatic heterocycles. The quantitative estimate of drug-likeness (QED) is 0.634. The second-order valence-electron chi connectivity index (χ2n) is 5.21. The van der Waals surface area contributed by atoms with Gasteiger partial charge in [0.05, 0.1) is 6.04 Å². The SMILES string of the molecule is CC(NC(=O)C1NCCC1C)C(=O)NC1CC1. The molecule has 96 valence electrons. The van der Waals surface area contributed by atoms with E-state index in [2.05, 4.69) is 22.9 Å². The molecule has 5 nitrogen and oxygen atoms in total. The number of nitrogens with one attached hydrogen (secondary N) is 3. The molecular weight excluding hydrogens is 218 g/mol. The normalized spacial score (nSPS) is 29.8. The fourth-order valence-corrected chi connectivity index (χ4v) is 2.11. The minimum atomic E-state index is -0.447. The monoisotopic (exact) mass is 239 g/mol. The standard InChI is InChI=1S/C12H21N3O2/c1-7-5-6-13-10(7)12(17)14-8(2)11(16)15-9-3-4-9/h7-10,13H,3-6H2,1-2H3,(H,14,17)(H,15,16). The molecule has 2 fully saturated rings. The summed E-state index contributed by atoms with van der Waals surface area (Å²) in [5.41, 5.74) is 0. The largest absolute Gasteiger partial charge is 0.352 e. The maximum atomic E-state index is 11.9. The molecule has 1 saturated carbocycles. The summed E-state index contributed by atoms with van der Waals surface area (Å²) in [6.07, 6.45) is 3.14. The molecule has 3 unspecified atom stereocenters. The number of hydrogen-bond donors (Lipinski definition) is 3. The summed E-state index contributed by atoms with van der Waals surface area (Å²) in [4.78, 5) is 23.6. The Morgan fingerprint density at radius 3 is 2.53 bits per heavy atom. The van der Waals surface area contributed by atoms with E-state index >= 15 is 0 Å². The fraction of sp³-hybridized carbons (Fsp3) is 0.833. The highest BCUT2D eigenvalue weighted by Crippen LogP contribution is 2.18. The lowest BCUT2D eigenvalue weighted by atomic mass is 10.0. The Morgan fingerprint density at radius 1 is 1.29 bits per heavy atom. The van der Waals surface area contributed by atoms with E-state index in [0.717, 1.165) is 25.8 Å². The Morgan fingerprint density at radius 2 is 2.00 bits per heavy atom. The molecule has 0 aromatic rings. The first kappa shape index (κ1) is 12.4. The topological polar surface area (TPSA) is 70.2 Å². The maximum Gasteiger partial charge on any atom is 0.242 e. The third kappa shape index (κ3) is 3.19. The number of carbonyl (C=O) groups is 2. The van der Waals surface area contributed by atoms with Crippen molar-refractivity contribution in [2.24, 2.45) is 5.92 Å². The molecule has 2 aliphatic rings. The van der Waals surface area contributed by atoms with Gasteiger partial charge in [0.1, 0.15) is 6.04 Å². The van der Waals surface area contributed by atoms with E-state index in [1.54, 1.807) is 6.92 Å². The molecular formula is C12H21N3O2. The van der Waals surface area contributed by atoms with Crippen LogP contribution in [0.5, 0.6) is 0 Å². The van der Waals surface area contributed by atoms with Gasteiger partial charge in [-0.3, -0.25) is 9.59 Å². The number of rotatable bonds is 4. The zero-order chi connectivity index (χ0) is 12.4. The van der Waals surface area contributed by atoms with Crippen molar-refractivity contribution in [2.75, 3.05) is 6.54 Å². The predicted octanol–water partition coefficient (Wildman–Crippen LogP) is -0.232. The Balaban J connectivity index is 1.78. The van der Waals surface area contributed by atoms with Crippen LogP contribution in [0.1, 0.15) is 33.1 Å². The average molecular weight is 239 g/mol. The molecule has 1 aliphatic carbocycles. The van der Waals surface area contributed by atoms with Crippen LogP contribution in [0.25, 0.3) is 0 Å². The molecule has 3 atom stereocenters. The van der Waals surface area contributed by atoms with Crippen LogP contribution in [-0.4, -0.2) is 36.5 Å². The van der Waals surface area contributed by atoms with Gasteiger partial charge in [0.25, 0.3) is 0 Å². The number of carbonyl (C=O) groups excluding carboxylic acids is 2. The van der Waals surface area contributed by atoms with Crippen molar-refractivity contribution in [3.8, 4) is 0 Å². The lowest BCUT2D eigenvalue weighted by Crippen LogP contribution is -2.51. The van der Waals surface area contributed by atoms with Crippen LogP contribution in [0.4, 0.5) is 0 Å². The zero-order valence-electron chi connectivity index (χ0n) is 10.5. The van der Waals surface area contributed by atoms with Crippen molar-refractivity contribution in [3.63, 3.8) is 0 Å². The molecule has 0 radical (unpaired) electrons. The van der Waals surface area contributed by atoms with Crippen molar-refractivity contribution in [3.05, 3.63) is 0 Å². The molecule has 0 spiro atoms. The fourth-order valence-electron chi connectivity index (χ4n) is 2.11. The first-order valence-corrected chi connectivity index (χ1v) is 6.42. The van der Waals surface area contributed by atoms with Crippen LogP contribution in [0.3, 0.4) is 0 Å². The first-order chi connectivity index (χ1) is 8.08. The van der Waals surface area contributed by atoms with Crippen molar-refractivity contribution in [1.82, 2.24) is 16.0 Å². The smallest absolute Gasteiger partial charge is 0.242 e. The molecule has 5 heteroatoms. The van der Waals surface area contributed by atoms with Gasteiger partial charge in [-0.15, -0.1) is 0 Å². The Bertz CT molecular complexity index is 315. The third-order valence-corrected chi connectivity index (χ3v) is 3.49. The molecule has 17 heavy (non-hydrogen) atoms.